The zero-order valence-electron chi connectivity index (χ0n) is 14.7. The average molecular weight is 390 g/mol. The summed E-state index contributed by atoms with van der Waals surface area (Å²) in [5.41, 5.74) is 1.94. The number of amides is 1. The number of halogens is 1. The van der Waals surface area contributed by atoms with Crippen LogP contribution >= 0.6 is 22.9 Å². The summed E-state index contributed by atoms with van der Waals surface area (Å²) >= 11 is 7.79. The number of thiophene rings is 1. The fourth-order valence-electron chi connectivity index (χ4n) is 3.27. The number of carbonyl (C=O) groups is 1. The number of hydrogen-bond acceptors (Lipinski definition) is 4. The van der Waals surface area contributed by atoms with Gasteiger partial charge in [0.15, 0.2) is 0 Å². The number of benzene rings is 1. The summed E-state index contributed by atoms with van der Waals surface area (Å²) in [7, 11) is 0. The number of aromatic nitrogens is 2. The van der Waals surface area contributed by atoms with Crippen LogP contribution < -0.4 is 0 Å². The summed E-state index contributed by atoms with van der Waals surface area (Å²) < 4.78 is 7.48. The fourth-order valence-corrected chi connectivity index (χ4v) is 4.60. The standard InChI is InChI=1S/C19H20ClN3O2S/c1-12-10-22(7-8-25-12)18(24)17-9-15-13(2)21-23(19(15)26-17)11-14-5-3-4-6-16(14)20/h3-6,9,12H,7-8,10-11H2,1-2H3. The number of ether oxygens (including phenoxy) is 1. The van der Waals surface area contributed by atoms with E-state index in [4.69, 9.17) is 16.3 Å². The SMILES string of the molecule is Cc1nn(Cc2ccccc2Cl)c2sc(C(=O)N3CCOC(C)C3)cc12. The van der Waals surface area contributed by atoms with Crippen LogP contribution in [-0.2, 0) is 11.3 Å². The molecule has 1 atom stereocenters. The molecule has 0 spiro atoms. The van der Waals surface area contributed by atoms with E-state index in [-0.39, 0.29) is 12.0 Å². The van der Waals surface area contributed by atoms with Crippen LogP contribution in [0.15, 0.2) is 30.3 Å². The Morgan fingerprint density at radius 3 is 3.00 bits per heavy atom. The van der Waals surface area contributed by atoms with Crippen LogP contribution in [0.3, 0.4) is 0 Å². The van der Waals surface area contributed by atoms with Crippen LogP contribution in [0.1, 0.15) is 27.9 Å². The number of rotatable bonds is 3. The lowest BCUT2D eigenvalue weighted by atomic mass is 10.2. The van der Waals surface area contributed by atoms with E-state index in [1.807, 2.05) is 53.8 Å². The molecule has 0 N–H and O–H groups in total. The van der Waals surface area contributed by atoms with Gasteiger partial charge in [-0.3, -0.25) is 9.48 Å². The third-order valence-electron chi connectivity index (χ3n) is 4.62. The Bertz CT molecular complexity index is 965. The molecule has 0 bridgehead atoms. The first-order valence-electron chi connectivity index (χ1n) is 8.64. The summed E-state index contributed by atoms with van der Waals surface area (Å²) in [5.74, 6) is 0.0741. The maximum absolute atomic E-state index is 12.9. The molecule has 3 heterocycles. The second kappa shape index (κ2) is 7.02. The number of fused-ring (bicyclic) bond motifs is 1. The zero-order valence-corrected chi connectivity index (χ0v) is 16.3. The van der Waals surface area contributed by atoms with Gasteiger partial charge in [-0.1, -0.05) is 29.8 Å². The molecular weight excluding hydrogens is 370 g/mol. The monoisotopic (exact) mass is 389 g/mol. The van der Waals surface area contributed by atoms with E-state index in [0.717, 1.165) is 31.4 Å². The van der Waals surface area contributed by atoms with Gasteiger partial charge in [0.25, 0.3) is 5.91 Å². The van der Waals surface area contributed by atoms with E-state index in [2.05, 4.69) is 5.10 Å². The zero-order chi connectivity index (χ0) is 18.3. The van der Waals surface area contributed by atoms with Gasteiger partial charge in [0.2, 0.25) is 0 Å². The van der Waals surface area contributed by atoms with Gasteiger partial charge in [-0.05, 0) is 31.5 Å². The molecule has 1 unspecified atom stereocenters. The van der Waals surface area contributed by atoms with Crippen molar-refractivity contribution in [2.75, 3.05) is 19.7 Å². The van der Waals surface area contributed by atoms with Gasteiger partial charge in [-0.25, -0.2) is 0 Å². The van der Waals surface area contributed by atoms with Crippen molar-refractivity contribution in [2.24, 2.45) is 0 Å². The van der Waals surface area contributed by atoms with E-state index in [0.29, 0.717) is 26.2 Å². The third-order valence-corrected chi connectivity index (χ3v) is 6.13. The summed E-state index contributed by atoms with van der Waals surface area (Å²) in [6.07, 6.45) is 0.0829. The Kier molecular flexibility index (Phi) is 4.73. The number of aryl methyl sites for hydroxylation is 1. The van der Waals surface area contributed by atoms with Gasteiger partial charge in [-0.2, -0.15) is 5.10 Å². The minimum atomic E-state index is 0.0741. The van der Waals surface area contributed by atoms with Crippen molar-refractivity contribution < 1.29 is 9.53 Å². The van der Waals surface area contributed by atoms with E-state index < -0.39 is 0 Å². The Labute approximate surface area is 161 Å². The molecule has 0 aliphatic carbocycles. The van der Waals surface area contributed by atoms with Gasteiger partial charge in [-0.15, -0.1) is 11.3 Å². The first kappa shape index (κ1) is 17.5. The Morgan fingerprint density at radius 2 is 2.23 bits per heavy atom. The van der Waals surface area contributed by atoms with Crippen LogP contribution in [0.25, 0.3) is 10.2 Å². The highest BCUT2D eigenvalue weighted by atomic mass is 35.5. The Balaban J connectivity index is 1.65. The van der Waals surface area contributed by atoms with Crippen molar-refractivity contribution in [3.05, 3.63) is 51.5 Å². The van der Waals surface area contributed by atoms with Gasteiger partial charge < -0.3 is 9.64 Å². The quantitative estimate of drug-likeness (QED) is 0.681. The highest BCUT2D eigenvalue weighted by Gasteiger charge is 2.25. The van der Waals surface area contributed by atoms with Crippen molar-refractivity contribution >= 4 is 39.1 Å². The molecule has 1 aliphatic heterocycles. The molecule has 26 heavy (non-hydrogen) atoms. The van der Waals surface area contributed by atoms with Crippen LogP contribution in [0, 0.1) is 6.92 Å². The average Bonchev–Trinajstić information content (AvgIpc) is 3.18. The predicted octanol–water partition coefficient (Wildman–Crippen LogP) is 3.97. The molecule has 7 heteroatoms. The normalized spacial score (nSPS) is 17.8. The second-order valence-corrected chi connectivity index (χ2v) is 8.03. The predicted molar refractivity (Wildman–Crippen MR) is 104 cm³/mol. The molecule has 136 valence electrons. The molecule has 0 radical (unpaired) electrons. The molecular formula is C19H20ClN3O2S. The molecule has 1 fully saturated rings. The number of morpholine rings is 1. The van der Waals surface area contributed by atoms with Gasteiger partial charge >= 0.3 is 0 Å². The van der Waals surface area contributed by atoms with Crippen LogP contribution in [0.2, 0.25) is 5.02 Å². The maximum atomic E-state index is 12.9. The minimum Gasteiger partial charge on any atom is -0.375 e. The summed E-state index contributed by atoms with van der Waals surface area (Å²) in [6.45, 7) is 6.43. The summed E-state index contributed by atoms with van der Waals surface area (Å²) in [5, 5.41) is 6.39. The number of hydrogen-bond donors (Lipinski definition) is 0. The number of nitrogens with zero attached hydrogens (tertiary/aromatic N) is 3. The van der Waals surface area contributed by atoms with E-state index in [9.17, 15) is 4.79 Å². The summed E-state index contributed by atoms with van der Waals surface area (Å²) in [4.78, 5) is 16.5. The first-order chi connectivity index (χ1) is 12.5. The molecule has 1 saturated heterocycles. The lowest BCUT2D eigenvalue weighted by Crippen LogP contribution is -2.44. The number of carbonyl (C=O) groups excluding carboxylic acids is 1. The van der Waals surface area contributed by atoms with Crippen LogP contribution in [-0.4, -0.2) is 46.4 Å². The van der Waals surface area contributed by atoms with Crippen molar-refractivity contribution in [1.29, 1.82) is 0 Å². The van der Waals surface area contributed by atoms with Crippen molar-refractivity contribution in [3.8, 4) is 0 Å². The molecule has 2 aromatic heterocycles. The van der Waals surface area contributed by atoms with E-state index >= 15 is 0 Å². The van der Waals surface area contributed by atoms with Crippen LogP contribution in [0.4, 0.5) is 0 Å². The minimum absolute atomic E-state index is 0.0741. The summed E-state index contributed by atoms with van der Waals surface area (Å²) in [6, 6.07) is 9.74. The molecule has 3 aromatic rings. The van der Waals surface area contributed by atoms with Crippen molar-refractivity contribution in [3.63, 3.8) is 0 Å². The molecule has 5 nitrogen and oxygen atoms in total. The van der Waals surface area contributed by atoms with Crippen molar-refractivity contribution in [2.45, 2.75) is 26.5 Å². The van der Waals surface area contributed by atoms with Crippen LogP contribution in [0.5, 0.6) is 0 Å². The largest absolute Gasteiger partial charge is 0.375 e. The van der Waals surface area contributed by atoms with Crippen molar-refractivity contribution in [1.82, 2.24) is 14.7 Å². The fraction of sp³-hybridized carbons (Fsp3) is 0.368. The van der Waals surface area contributed by atoms with Gasteiger partial charge in [0.1, 0.15) is 4.83 Å². The molecule has 1 aliphatic rings. The highest BCUT2D eigenvalue weighted by Crippen LogP contribution is 2.30. The first-order valence-corrected chi connectivity index (χ1v) is 9.83. The van der Waals surface area contributed by atoms with E-state index in [1.165, 1.54) is 11.3 Å². The molecule has 0 saturated carbocycles. The second-order valence-electron chi connectivity index (χ2n) is 6.60. The van der Waals surface area contributed by atoms with Gasteiger partial charge in [0, 0.05) is 23.5 Å². The lowest BCUT2D eigenvalue weighted by molar-refractivity contribution is -0.0122. The Hall–Kier alpha value is -1.89. The molecule has 4 rings (SSSR count). The van der Waals surface area contributed by atoms with Gasteiger partial charge in [0.05, 0.1) is 29.8 Å². The topological polar surface area (TPSA) is 47.4 Å². The molecule has 1 aromatic carbocycles. The highest BCUT2D eigenvalue weighted by molar-refractivity contribution is 7.20. The lowest BCUT2D eigenvalue weighted by Gasteiger charge is -2.30. The Morgan fingerprint density at radius 1 is 1.42 bits per heavy atom. The third kappa shape index (κ3) is 3.24. The van der Waals surface area contributed by atoms with E-state index in [1.54, 1.807) is 0 Å². The smallest absolute Gasteiger partial charge is 0.264 e. The maximum Gasteiger partial charge on any atom is 0.264 e. The molecule has 1 amide bonds.